The van der Waals surface area contributed by atoms with E-state index in [0.29, 0.717) is 12.8 Å². The van der Waals surface area contributed by atoms with Crippen LogP contribution in [0.1, 0.15) is 31.2 Å². The summed E-state index contributed by atoms with van der Waals surface area (Å²) in [6, 6.07) is 9.25. The average Bonchev–Trinajstić information content (AvgIpc) is 2.66. The van der Waals surface area contributed by atoms with Crippen LogP contribution in [0.2, 0.25) is 0 Å². The van der Waals surface area contributed by atoms with Crippen LogP contribution in [0, 0.1) is 0 Å². The van der Waals surface area contributed by atoms with E-state index in [0.717, 1.165) is 18.4 Å². The number of hydrogen-bond donors (Lipinski definition) is 0. The van der Waals surface area contributed by atoms with Gasteiger partial charge in [-0.1, -0.05) is 30.3 Å². The third kappa shape index (κ3) is 2.81. The first kappa shape index (κ1) is 11.1. The maximum Gasteiger partial charge on any atom is 0.312 e. The minimum atomic E-state index is -1.70. The zero-order valence-electron chi connectivity index (χ0n) is 9.12. The fourth-order valence-electron chi connectivity index (χ4n) is 2.01. The molecule has 1 aliphatic carbocycles. The summed E-state index contributed by atoms with van der Waals surface area (Å²) >= 11 is 0. The van der Waals surface area contributed by atoms with Crippen LogP contribution in [0.4, 0.5) is 4.39 Å². The summed E-state index contributed by atoms with van der Waals surface area (Å²) in [5.74, 6) is -2.18. The minimum absolute atomic E-state index is 0.145. The Bertz CT molecular complexity index is 355. The molecule has 0 N–H and O–H groups in total. The number of esters is 1. The molecule has 0 heterocycles. The lowest BCUT2D eigenvalue weighted by Crippen LogP contribution is -2.27. The minimum Gasteiger partial charge on any atom is -0.428 e. The lowest BCUT2D eigenvalue weighted by molar-refractivity contribution is -0.179. The number of ether oxygens (including phenoxy) is 1. The molecule has 2 rings (SSSR count). The van der Waals surface area contributed by atoms with E-state index in [4.69, 9.17) is 4.74 Å². The van der Waals surface area contributed by atoms with Crippen LogP contribution in [0.25, 0.3) is 0 Å². The van der Waals surface area contributed by atoms with Gasteiger partial charge in [-0.05, 0) is 18.4 Å². The van der Waals surface area contributed by atoms with Crippen molar-refractivity contribution in [3.05, 3.63) is 35.9 Å². The van der Waals surface area contributed by atoms with Gasteiger partial charge in [-0.25, -0.2) is 0 Å². The highest BCUT2D eigenvalue weighted by Crippen LogP contribution is 2.34. The molecule has 0 atom stereocenters. The highest BCUT2D eigenvalue weighted by molar-refractivity contribution is 5.72. The van der Waals surface area contributed by atoms with Crippen LogP contribution in [0.5, 0.6) is 0 Å². The smallest absolute Gasteiger partial charge is 0.312 e. The summed E-state index contributed by atoms with van der Waals surface area (Å²) in [4.78, 5) is 11.5. The summed E-state index contributed by atoms with van der Waals surface area (Å²) in [6.07, 6.45) is 2.43. The van der Waals surface area contributed by atoms with Gasteiger partial charge in [-0.2, -0.15) is 4.39 Å². The Morgan fingerprint density at radius 3 is 2.50 bits per heavy atom. The average molecular weight is 222 g/mol. The Labute approximate surface area is 94.4 Å². The highest BCUT2D eigenvalue weighted by atomic mass is 19.2. The molecule has 3 heteroatoms. The summed E-state index contributed by atoms with van der Waals surface area (Å²) in [5, 5.41) is 0. The van der Waals surface area contributed by atoms with Gasteiger partial charge in [0.15, 0.2) is 0 Å². The Morgan fingerprint density at radius 2 is 1.88 bits per heavy atom. The molecule has 2 nitrogen and oxygen atoms in total. The molecule has 0 aromatic heterocycles. The lowest BCUT2D eigenvalue weighted by Gasteiger charge is -2.19. The van der Waals surface area contributed by atoms with Crippen LogP contribution in [-0.2, 0) is 16.0 Å². The second kappa shape index (κ2) is 4.64. The van der Waals surface area contributed by atoms with Crippen molar-refractivity contribution in [1.82, 2.24) is 0 Å². The lowest BCUT2D eigenvalue weighted by atomic mass is 10.1. The molecular weight excluding hydrogens is 207 g/mol. The van der Waals surface area contributed by atoms with Crippen LogP contribution in [-0.4, -0.2) is 11.8 Å². The maximum atomic E-state index is 13.8. The maximum absolute atomic E-state index is 13.8. The second-order valence-corrected chi connectivity index (χ2v) is 4.23. The van der Waals surface area contributed by atoms with E-state index in [1.165, 1.54) is 0 Å². The van der Waals surface area contributed by atoms with Crippen molar-refractivity contribution in [2.24, 2.45) is 0 Å². The largest absolute Gasteiger partial charge is 0.428 e. The quantitative estimate of drug-likeness (QED) is 0.735. The van der Waals surface area contributed by atoms with Crippen molar-refractivity contribution >= 4 is 5.97 Å². The molecule has 1 aromatic carbocycles. The molecule has 0 bridgehead atoms. The first-order valence-electron chi connectivity index (χ1n) is 5.63. The zero-order chi connectivity index (χ0) is 11.4. The molecule has 0 saturated heterocycles. The molecule has 0 amide bonds. The van der Waals surface area contributed by atoms with Crippen molar-refractivity contribution in [2.45, 2.75) is 38.0 Å². The third-order valence-electron chi connectivity index (χ3n) is 2.84. The van der Waals surface area contributed by atoms with Gasteiger partial charge in [-0.15, -0.1) is 0 Å². The van der Waals surface area contributed by atoms with Crippen LogP contribution in [0.15, 0.2) is 30.3 Å². The molecule has 1 aromatic rings. The van der Waals surface area contributed by atoms with Crippen molar-refractivity contribution < 1.29 is 13.9 Å². The number of rotatable bonds is 3. The van der Waals surface area contributed by atoms with Gasteiger partial charge in [0.1, 0.15) is 0 Å². The van der Waals surface area contributed by atoms with E-state index in [-0.39, 0.29) is 6.42 Å². The Kier molecular flexibility index (Phi) is 3.22. The molecule has 0 spiro atoms. The summed E-state index contributed by atoms with van der Waals surface area (Å²) in [7, 11) is 0. The fourth-order valence-corrected chi connectivity index (χ4v) is 2.01. The van der Waals surface area contributed by atoms with Crippen molar-refractivity contribution in [3.63, 3.8) is 0 Å². The first-order chi connectivity index (χ1) is 7.68. The molecule has 0 unspecified atom stereocenters. The molecule has 1 fully saturated rings. The molecule has 1 saturated carbocycles. The van der Waals surface area contributed by atoms with Gasteiger partial charge >= 0.3 is 5.97 Å². The molecule has 0 aliphatic heterocycles. The van der Waals surface area contributed by atoms with Crippen molar-refractivity contribution in [3.8, 4) is 0 Å². The van der Waals surface area contributed by atoms with Crippen LogP contribution >= 0.6 is 0 Å². The van der Waals surface area contributed by atoms with Gasteiger partial charge < -0.3 is 4.74 Å². The van der Waals surface area contributed by atoms with Gasteiger partial charge in [0, 0.05) is 12.8 Å². The van der Waals surface area contributed by atoms with E-state index in [1.807, 2.05) is 30.3 Å². The standard InChI is InChI=1S/C13H15FO2/c14-13(8-4-5-9-13)16-12(15)10-11-6-2-1-3-7-11/h1-3,6-7H,4-5,8-10H2. The fraction of sp³-hybridized carbons (Fsp3) is 0.462. The van der Waals surface area contributed by atoms with Gasteiger partial charge in [-0.3, -0.25) is 4.79 Å². The molecule has 86 valence electrons. The molecule has 1 aliphatic rings. The van der Waals surface area contributed by atoms with Gasteiger partial charge in [0.05, 0.1) is 6.42 Å². The van der Waals surface area contributed by atoms with E-state index in [9.17, 15) is 9.18 Å². The van der Waals surface area contributed by atoms with E-state index in [2.05, 4.69) is 0 Å². The Hall–Kier alpha value is -1.38. The van der Waals surface area contributed by atoms with Gasteiger partial charge in [0.2, 0.25) is 0 Å². The van der Waals surface area contributed by atoms with Crippen molar-refractivity contribution in [1.29, 1.82) is 0 Å². The Balaban J connectivity index is 1.89. The summed E-state index contributed by atoms with van der Waals surface area (Å²) in [5.41, 5.74) is 0.856. The van der Waals surface area contributed by atoms with Crippen molar-refractivity contribution in [2.75, 3.05) is 0 Å². The SMILES string of the molecule is O=C(Cc1ccccc1)OC1(F)CCCC1. The molecule has 0 radical (unpaired) electrons. The Morgan fingerprint density at radius 1 is 1.25 bits per heavy atom. The van der Waals surface area contributed by atoms with E-state index >= 15 is 0 Å². The van der Waals surface area contributed by atoms with E-state index < -0.39 is 11.8 Å². The highest BCUT2D eigenvalue weighted by Gasteiger charge is 2.37. The monoisotopic (exact) mass is 222 g/mol. The molecule has 16 heavy (non-hydrogen) atoms. The van der Waals surface area contributed by atoms with E-state index in [1.54, 1.807) is 0 Å². The number of halogens is 1. The number of benzene rings is 1. The third-order valence-corrected chi connectivity index (χ3v) is 2.84. The summed E-state index contributed by atoms with van der Waals surface area (Å²) in [6.45, 7) is 0. The number of carbonyl (C=O) groups is 1. The van der Waals surface area contributed by atoms with Crippen LogP contribution < -0.4 is 0 Å². The van der Waals surface area contributed by atoms with Crippen LogP contribution in [0.3, 0.4) is 0 Å². The second-order valence-electron chi connectivity index (χ2n) is 4.23. The molecular formula is C13H15FO2. The normalized spacial score (nSPS) is 18.3. The van der Waals surface area contributed by atoms with Gasteiger partial charge in [0.25, 0.3) is 5.85 Å². The number of hydrogen-bond acceptors (Lipinski definition) is 2. The first-order valence-corrected chi connectivity index (χ1v) is 5.63. The zero-order valence-corrected chi connectivity index (χ0v) is 9.12. The topological polar surface area (TPSA) is 26.3 Å². The summed E-state index contributed by atoms with van der Waals surface area (Å²) < 4.78 is 18.7. The number of carbonyl (C=O) groups excluding carboxylic acids is 1. The predicted molar refractivity (Wildman–Crippen MR) is 58.5 cm³/mol. The predicted octanol–water partition coefficient (Wildman–Crippen LogP) is 3.01. The number of alkyl halides is 1.